The molecular formula is C18H28N2O3. The van der Waals surface area contributed by atoms with E-state index >= 15 is 0 Å². The molecular weight excluding hydrogens is 292 g/mol. The number of piperidine rings is 1. The Labute approximate surface area is 138 Å². The second kappa shape index (κ2) is 7.21. The minimum atomic E-state index is -0.451. The predicted molar refractivity (Wildman–Crippen MR) is 90.5 cm³/mol. The number of hydrogen-bond donors (Lipinski definition) is 1. The third-order valence-electron chi connectivity index (χ3n) is 4.20. The highest BCUT2D eigenvalue weighted by atomic mass is 16.6. The second-order valence-electron chi connectivity index (χ2n) is 7.10. The minimum Gasteiger partial charge on any atom is -0.497 e. The zero-order valence-corrected chi connectivity index (χ0v) is 14.5. The number of likely N-dealkylation sites (tertiary alicyclic amines) is 1. The van der Waals surface area contributed by atoms with Crippen LogP contribution in [-0.4, -0.2) is 36.8 Å². The summed E-state index contributed by atoms with van der Waals surface area (Å²) < 4.78 is 10.6. The standard InChI is InChI=1S/C18H28N2O3/c1-18(2,3)23-17(21)20-11-9-14(10-12-20)16(19)13-5-7-15(22-4)8-6-13/h5-8,14,16H,9-12,19H2,1-4H3. The second-order valence-corrected chi connectivity index (χ2v) is 7.10. The van der Waals surface area contributed by atoms with Crippen LogP contribution in [0.15, 0.2) is 24.3 Å². The van der Waals surface area contributed by atoms with Crippen LogP contribution in [0.3, 0.4) is 0 Å². The predicted octanol–water partition coefficient (Wildman–Crippen LogP) is 3.34. The molecule has 1 unspecified atom stereocenters. The van der Waals surface area contributed by atoms with Crippen molar-refractivity contribution in [2.45, 2.75) is 45.3 Å². The highest BCUT2D eigenvalue weighted by Crippen LogP contribution is 2.30. The number of carbonyl (C=O) groups excluding carboxylic acids is 1. The Hall–Kier alpha value is -1.75. The molecule has 5 heteroatoms. The normalized spacial score (nSPS) is 17.7. The molecule has 2 rings (SSSR count). The third-order valence-corrected chi connectivity index (χ3v) is 4.20. The van der Waals surface area contributed by atoms with Gasteiger partial charge in [-0.3, -0.25) is 0 Å². The molecule has 1 aromatic carbocycles. The number of ether oxygens (including phenoxy) is 2. The SMILES string of the molecule is COc1ccc(C(N)C2CCN(C(=O)OC(C)(C)C)CC2)cc1. The minimum absolute atomic E-state index is 0.0123. The first-order valence-electron chi connectivity index (χ1n) is 8.17. The molecule has 2 N–H and O–H groups in total. The molecule has 1 saturated heterocycles. The molecule has 1 atom stereocenters. The summed E-state index contributed by atoms with van der Waals surface area (Å²) in [4.78, 5) is 13.9. The summed E-state index contributed by atoms with van der Waals surface area (Å²) in [6.07, 6.45) is 1.56. The lowest BCUT2D eigenvalue weighted by atomic mass is 9.86. The number of carbonyl (C=O) groups is 1. The van der Waals surface area contributed by atoms with E-state index in [0.717, 1.165) is 24.2 Å². The molecule has 1 heterocycles. The fourth-order valence-electron chi connectivity index (χ4n) is 2.87. The maximum absolute atomic E-state index is 12.1. The van der Waals surface area contributed by atoms with Gasteiger partial charge in [-0.1, -0.05) is 12.1 Å². The lowest BCUT2D eigenvalue weighted by molar-refractivity contribution is 0.0174. The van der Waals surface area contributed by atoms with E-state index in [0.29, 0.717) is 19.0 Å². The van der Waals surface area contributed by atoms with Gasteiger partial charge in [-0.2, -0.15) is 0 Å². The Morgan fingerprint density at radius 2 is 1.78 bits per heavy atom. The largest absolute Gasteiger partial charge is 0.497 e. The van der Waals surface area contributed by atoms with Crippen molar-refractivity contribution in [1.29, 1.82) is 0 Å². The van der Waals surface area contributed by atoms with Gasteiger partial charge in [0.25, 0.3) is 0 Å². The third kappa shape index (κ3) is 4.86. The first-order chi connectivity index (χ1) is 10.8. The monoisotopic (exact) mass is 320 g/mol. The van der Waals surface area contributed by atoms with Gasteiger partial charge in [0.2, 0.25) is 0 Å². The van der Waals surface area contributed by atoms with Crippen molar-refractivity contribution >= 4 is 6.09 Å². The number of nitrogens with two attached hydrogens (primary N) is 1. The van der Waals surface area contributed by atoms with Crippen molar-refractivity contribution in [3.05, 3.63) is 29.8 Å². The molecule has 5 nitrogen and oxygen atoms in total. The zero-order chi connectivity index (χ0) is 17.0. The smallest absolute Gasteiger partial charge is 0.410 e. The fourth-order valence-corrected chi connectivity index (χ4v) is 2.87. The summed E-state index contributed by atoms with van der Waals surface area (Å²) in [6.45, 7) is 7.05. The molecule has 23 heavy (non-hydrogen) atoms. The van der Waals surface area contributed by atoms with Crippen molar-refractivity contribution < 1.29 is 14.3 Å². The van der Waals surface area contributed by atoms with Gasteiger partial charge in [-0.15, -0.1) is 0 Å². The van der Waals surface area contributed by atoms with E-state index in [1.807, 2.05) is 45.0 Å². The van der Waals surface area contributed by atoms with E-state index in [9.17, 15) is 4.79 Å². The molecule has 0 spiro atoms. The summed E-state index contributed by atoms with van der Waals surface area (Å²) in [5.41, 5.74) is 7.07. The highest BCUT2D eigenvalue weighted by molar-refractivity contribution is 5.68. The van der Waals surface area contributed by atoms with Crippen LogP contribution in [0.1, 0.15) is 45.2 Å². The summed E-state index contributed by atoms with van der Waals surface area (Å²) in [7, 11) is 1.65. The molecule has 0 aromatic heterocycles. The van der Waals surface area contributed by atoms with E-state index in [1.165, 1.54) is 0 Å². The molecule has 0 radical (unpaired) electrons. The molecule has 1 aliphatic rings. The fraction of sp³-hybridized carbons (Fsp3) is 0.611. The van der Waals surface area contributed by atoms with E-state index in [4.69, 9.17) is 15.2 Å². The quantitative estimate of drug-likeness (QED) is 0.927. The number of nitrogens with zero attached hydrogens (tertiary/aromatic N) is 1. The number of methoxy groups -OCH3 is 1. The molecule has 0 saturated carbocycles. The van der Waals surface area contributed by atoms with Gasteiger partial charge in [-0.05, 0) is 57.2 Å². The number of rotatable bonds is 3. The summed E-state index contributed by atoms with van der Waals surface area (Å²) in [5, 5.41) is 0. The Morgan fingerprint density at radius 1 is 1.22 bits per heavy atom. The summed E-state index contributed by atoms with van der Waals surface area (Å²) in [6, 6.07) is 7.89. The van der Waals surface area contributed by atoms with Crippen LogP contribution in [0.25, 0.3) is 0 Å². The first kappa shape index (κ1) is 17.6. The highest BCUT2D eigenvalue weighted by Gasteiger charge is 2.29. The van der Waals surface area contributed by atoms with E-state index in [1.54, 1.807) is 12.0 Å². The van der Waals surface area contributed by atoms with Gasteiger partial charge in [-0.25, -0.2) is 4.79 Å². The van der Waals surface area contributed by atoms with E-state index in [-0.39, 0.29) is 12.1 Å². The van der Waals surface area contributed by atoms with Gasteiger partial charge in [0.15, 0.2) is 0 Å². The Kier molecular flexibility index (Phi) is 5.52. The van der Waals surface area contributed by atoms with Crippen LogP contribution in [0.2, 0.25) is 0 Å². The summed E-state index contributed by atoms with van der Waals surface area (Å²) in [5.74, 6) is 1.21. The molecule has 1 fully saturated rings. The first-order valence-corrected chi connectivity index (χ1v) is 8.17. The van der Waals surface area contributed by atoms with Gasteiger partial charge < -0.3 is 20.1 Å². The number of amides is 1. The van der Waals surface area contributed by atoms with Gasteiger partial charge >= 0.3 is 6.09 Å². The lowest BCUT2D eigenvalue weighted by Gasteiger charge is -2.35. The molecule has 1 aromatic rings. The van der Waals surface area contributed by atoms with Crippen molar-refractivity contribution in [2.24, 2.45) is 11.7 Å². The van der Waals surface area contributed by atoms with Gasteiger partial charge in [0.1, 0.15) is 11.4 Å². The van der Waals surface area contributed by atoms with Gasteiger partial charge in [0, 0.05) is 19.1 Å². The Bertz CT molecular complexity index is 514. The van der Waals surface area contributed by atoms with Crippen molar-refractivity contribution in [3.8, 4) is 5.75 Å². The maximum atomic E-state index is 12.1. The number of hydrogen-bond acceptors (Lipinski definition) is 4. The van der Waals surface area contributed by atoms with Crippen molar-refractivity contribution in [1.82, 2.24) is 4.90 Å². The average molecular weight is 320 g/mol. The van der Waals surface area contributed by atoms with Crippen molar-refractivity contribution in [2.75, 3.05) is 20.2 Å². The lowest BCUT2D eigenvalue weighted by Crippen LogP contribution is -2.43. The molecule has 1 aliphatic heterocycles. The molecule has 128 valence electrons. The van der Waals surface area contributed by atoms with Crippen LogP contribution in [0, 0.1) is 5.92 Å². The van der Waals surface area contributed by atoms with Crippen LogP contribution < -0.4 is 10.5 Å². The van der Waals surface area contributed by atoms with Crippen LogP contribution in [0.5, 0.6) is 5.75 Å². The van der Waals surface area contributed by atoms with Crippen molar-refractivity contribution in [3.63, 3.8) is 0 Å². The maximum Gasteiger partial charge on any atom is 0.410 e. The molecule has 0 aliphatic carbocycles. The summed E-state index contributed by atoms with van der Waals surface area (Å²) >= 11 is 0. The Morgan fingerprint density at radius 3 is 2.26 bits per heavy atom. The van der Waals surface area contributed by atoms with Crippen LogP contribution >= 0.6 is 0 Å². The Balaban J connectivity index is 1.89. The molecule has 1 amide bonds. The zero-order valence-electron chi connectivity index (χ0n) is 14.5. The van der Waals surface area contributed by atoms with Gasteiger partial charge in [0.05, 0.1) is 7.11 Å². The van der Waals surface area contributed by atoms with Crippen LogP contribution in [0.4, 0.5) is 4.79 Å². The topological polar surface area (TPSA) is 64.8 Å². The van der Waals surface area contributed by atoms with Crippen LogP contribution in [-0.2, 0) is 4.74 Å². The number of benzene rings is 1. The average Bonchev–Trinajstić information content (AvgIpc) is 2.53. The molecule has 0 bridgehead atoms. The van der Waals surface area contributed by atoms with E-state index < -0.39 is 5.60 Å². The van der Waals surface area contributed by atoms with E-state index in [2.05, 4.69) is 0 Å².